The monoisotopic (exact) mass is 1120 g/mol. The molecule has 1 amide bonds. The maximum absolute atomic E-state index is 13.6. The van der Waals surface area contributed by atoms with Crippen molar-refractivity contribution in [3.05, 3.63) is 36.5 Å². The molecule has 0 aliphatic carbocycles. The number of phosphoric ester groups is 1. The van der Waals surface area contributed by atoms with Crippen molar-refractivity contribution in [1.82, 2.24) is 5.32 Å². The molecule has 3 unspecified atom stereocenters. The lowest BCUT2D eigenvalue weighted by atomic mass is 10.0. The number of nitrogens with zero attached hydrogens (tertiary/aromatic N) is 1. The number of unbranched alkanes of at least 4 members (excludes halogenated alkanes) is 42. The van der Waals surface area contributed by atoms with Gasteiger partial charge in [-0.25, -0.2) is 4.57 Å². The predicted octanol–water partition coefficient (Wildman–Crippen LogP) is 21.1. The van der Waals surface area contributed by atoms with E-state index in [2.05, 4.69) is 50.4 Å². The van der Waals surface area contributed by atoms with Gasteiger partial charge < -0.3 is 19.4 Å². The minimum absolute atomic E-state index is 0.0409. The fourth-order valence-corrected chi connectivity index (χ4v) is 10.8. The van der Waals surface area contributed by atoms with Crippen LogP contribution in [0.1, 0.15) is 335 Å². The predicted molar refractivity (Wildman–Crippen MR) is 337 cm³/mol. The summed E-state index contributed by atoms with van der Waals surface area (Å²) in [5.41, 5.74) is 0. The lowest BCUT2D eigenvalue weighted by Crippen LogP contribution is -2.47. The number of hydrogen-bond donors (Lipinski definition) is 2. The molecule has 0 rings (SSSR count). The molecular weight excluding hydrogens is 988 g/mol. The van der Waals surface area contributed by atoms with Gasteiger partial charge in [-0.15, -0.1) is 0 Å². The van der Waals surface area contributed by atoms with Gasteiger partial charge in [0.25, 0.3) is 0 Å². The minimum atomic E-state index is -4.45. The van der Waals surface area contributed by atoms with Crippen molar-refractivity contribution in [3.8, 4) is 0 Å². The Labute approximate surface area is 485 Å². The lowest BCUT2D eigenvalue weighted by Gasteiger charge is -2.27. The first-order valence-electron chi connectivity index (χ1n) is 33.8. The molecule has 0 aromatic carbocycles. The van der Waals surface area contributed by atoms with Crippen molar-refractivity contribution >= 4 is 19.7 Å². The van der Waals surface area contributed by atoms with Crippen LogP contribution in [0.5, 0.6) is 0 Å². The average Bonchev–Trinajstić information content (AvgIpc) is 3.40. The molecule has 0 aliphatic rings. The van der Waals surface area contributed by atoms with Gasteiger partial charge in [-0.1, -0.05) is 295 Å². The van der Waals surface area contributed by atoms with Crippen molar-refractivity contribution in [2.75, 3.05) is 40.9 Å². The summed E-state index contributed by atoms with van der Waals surface area (Å²) in [6, 6.07) is -0.849. The van der Waals surface area contributed by atoms with Crippen LogP contribution in [-0.2, 0) is 27.9 Å². The smallest absolute Gasteiger partial charge is 0.456 e. The third kappa shape index (κ3) is 58.9. The zero-order valence-electron chi connectivity index (χ0n) is 52.7. The summed E-state index contributed by atoms with van der Waals surface area (Å²) in [4.78, 5) is 37.8. The van der Waals surface area contributed by atoms with E-state index in [9.17, 15) is 19.0 Å². The number of amides is 1. The van der Waals surface area contributed by atoms with Crippen LogP contribution < -0.4 is 5.32 Å². The number of likely N-dealkylation sites (N-methyl/N-ethyl adjacent to an activating group) is 1. The Morgan fingerprint density at radius 1 is 0.449 bits per heavy atom. The van der Waals surface area contributed by atoms with E-state index in [-0.39, 0.29) is 25.1 Å². The highest BCUT2D eigenvalue weighted by Crippen LogP contribution is 2.43. The Balaban J connectivity index is 5.10. The first kappa shape index (κ1) is 76.2. The molecule has 0 bridgehead atoms. The molecule has 0 saturated heterocycles. The third-order valence-electron chi connectivity index (χ3n) is 15.3. The number of ether oxygens (including phenoxy) is 1. The second-order valence-corrected chi connectivity index (χ2v) is 25.8. The maximum atomic E-state index is 13.6. The number of esters is 1. The number of allylic oxidation sites excluding steroid dienone is 5. The molecule has 2 N–H and O–H groups in total. The molecule has 3 atom stereocenters. The van der Waals surface area contributed by atoms with Crippen LogP contribution in [0.3, 0.4) is 0 Å². The molecular formula is C68H132N2O7P+. The van der Waals surface area contributed by atoms with Gasteiger partial charge in [0.05, 0.1) is 33.8 Å². The van der Waals surface area contributed by atoms with E-state index in [1.807, 2.05) is 33.3 Å². The molecule has 0 aromatic rings. The van der Waals surface area contributed by atoms with Crippen molar-refractivity contribution in [2.45, 2.75) is 348 Å². The van der Waals surface area contributed by atoms with Gasteiger partial charge in [0, 0.05) is 12.8 Å². The third-order valence-corrected chi connectivity index (χ3v) is 16.3. The van der Waals surface area contributed by atoms with Crippen LogP contribution >= 0.6 is 7.82 Å². The summed E-state index contributed by atoms with van der Waals surface area (Å²) >= 11 is 0. The summed E-state index contributed by atoms with van der Waals surface area (Å²) in [5.74, 6) is -0.497. The second-order valence-electron chi connectivity index (χ2n) is 24.4. The van der Waals surface area contributed by atoms with Crippen LogP contribution in [0.2, 0.25) is 0 Å². The average molecular weight is 1120 g/mol. The zero-order chi connectivity index (χ0) is 57.2. The van der Waals surface area contributed by atoms with Gasteiger partial charge in [-0.05, 0) is 63.9 Å². The molecule has 9 nitrogen and oxygen atoms in total. The quantitative estimate of drug-likeness (QED) is 0.0205. The number of carbonyl (C=O) groups excluding carboxylic acids is 2. The van der Waals surface area contributed by atoms with E-state index >= 15 is 0 Å². The van der Waals surface area contributed by atoms with Gasteiger partial charge >= 0.3 is 13.8 Å². The molecule has 0 aromatic heterocycles. The maximum Gasteiger partial charge on any atom is 0.472 e. The Morgan fingerprint density at radius 3 is 1.18 bits per heavy atom. The van der Waals surface area contributed by atoms with Gasteiger partial charge in [-0.3, -0.25) is 18.6 Å². The molecule has 0 heterocycles. The summed E-state index contributed by atoms with van der Waals surface area (Å²) in [7, 11) is 1.50. The molecule has 0 aliphatic heterocycles. The SMILES string of the molecule is CCCCC/C=C\C/C=C\CCCCCCCCCC(=O)NC(COP(=O)(O)OCC[N+](C)(C)C)C(/C=C\CCCCCCCCCCCC)OC(=O)CCCCCCCCCCCCCCCCCCCCCCCCC. The van der Waals surface area contributed by atoms with Gasteiger partial charge in [0.1, 0.15) is 19.3 Å². The van der Waals surface area contributed by atoms with Crippen LogP contribution in [-0.4, -0.2) is 74.3 Å². The van der Waals surface area contributed by atoms with E-state index in [1.54, 1.807) is 0 Å². The molecule has 460 valence electrons. The highest BCUT2D eigenvalue weighted by Gasteiger charge is 2.30. The first-order valence-corrected chi connectivity index (χ1v) is 35.3. The van der Waals surface area contributed by atoms with E-state index in [0.717, 1.165) is 77.0 Å². The van der Waals surface area contributed by atoms with Crippen molar-refractivity contribution in [1.29, 1.82) is 0 Å². The topological polar surface area (TPSA) is 111 Å². The van der Waals surface area contributed by atoms with E-state index in [1.165, 1.54) is 225 Å². The highest BCUT2D eigenvalue weighted by molar-refractivity contribution is 7.47. The Hall–Kier alpha value is -1.77. The van der Waals surface area contributed by atoms with E-state index in [0.29, 0.717) is 23.9 Å². The second kappa shape index (κ2) is 58.4. The molecule has 10 heteroatoms. The Bertz CT molecular complexity index is 1430. The van der Waals surface area contributed by atoms with Crippen molar-refractivity contribution in [2.24, 2.45) is 0 Å². The fraction of sp³-hybridized carbons (Fsp3) is 0.882. The number of nitrogens with one attached hydrogen (secondary N) is 1. The summed E-state index contributed by atoms with van der Waals surface area (Å²) in [6.45, 7) is 7.03. The first-order chi connectivity index (χ1) is 37.9. The lowest BCUT2D eigenvalue weighted by molar-refractivity contribution is -0.870. The number of phosphoric acid groups is 1. The van der Waals surface area contributed by atoms with Crippen LogP contribution in [0, 0.1) is 0 Å². The molecule has 78 heavy (non-hydrogen) atoms. The van der Waals surface area contributed by atoms with Gasteiger partial charge in [0.15, 0.2) is 0 Å². The molecule has 0 saturated carbocycles. The summed E-state index contributed by atoms with van der Waals surface area (Å²) in [6.07, 6.45) is 71.5. The van der Waals surface area contributed by atoms with Crippen LogP contribution in [0.4, 0.5) is 0 Å². The van der Waals surface area contributed by atoms with Crippen molar-refractivity contribution < 1.29 is 37.3 Å². The number of hydrogen-bond acceptors (Lipinski definition) is 6. The minimum Gasteiger partial charge on any atom is -0.456 e. The normalized spacial score (nSPS) is 13.8. The van der Waals surface area contributed by atoms with Gasteiger partial charge in [-0.2, -0.15) is 0 Å². The summed E-state index contributed by atoms with van der Waals surface area (Å²) < 4.78 is 30.8. The summed E-state index contributed by atoms with van der Waals surface area (Å²) in [5, 5.41) is 3.06. The fourth-order valence-electron chi connectivity index (χ4n) is 10.1. The molecule has 0 fully saturated rings. The van der Waals surface area contributed by atoms with Gasteiger partial charge in [0.2, 0.25) is 5.91 Å². The standard InChI is InChI=1S/C68H131N2O7P/c1-7-10-13-16-19-22-25-28-30-32-33-34-35-36-37-39-41-43-46-49-52-55-58-61-68(72)77-66(59-56-53-50-47-44-27-24-21-18-15-12-9-3)65(64-76-78(73,74)75-63-62-70(4,5)6)69-67(71)60-57-54-51-48-45-42-40-38-31-29-26-23-20-17-14-11-8-2/h20,23,29,31,56,59,65-66H,7-19,21-22,24-28,30,32-55,57-58,60-64H2,1-6H3,(H-,69,71,73,74)/p+1/b23-20-,31-29-,59-56-. The Kier molecular flexibility index (Phi) is 57.1. The molecule has 0 spiro atoms. The number of carbonyl (C=O) groups is 2. The Morgan fingerprint density at radius 2 is 0.782 bits per heavy atom. The highest BCUT2D eigenvalue weighted by atomic mass is 31.2. The number of quaternary nitrogens is 1. The van der Waals surface area contributed by atoms with Crippen LogP contribution in [0.25, 0.3) is 0 Å². The van der Waals surface area contributed by atoms with E-state index in [4.69, 9.17) is 13.8 Å². The largest absolute Gasteiger partial charge is 0.472 e. The zero-order valence-corrected chi connectivity index (χ0v) is 53.6. The van der Waals surface area contributed by atoms with Crippen molar-refractivity contribution in [3.63, 3.8) is 0 Å². The van der Waals surface area contributed by atoms with E-state index < -0.39 is 20.0 Å². The number of rotatable bonds is 62. The molecule has 0 radical (unpaired) electrons. The van der Waals surface area contributed by atoms with Crippen LogP contribution in [0.15, 0.2) is 36.5 Å².